The fraction of sp³-hybridized carbons (Fsp3) is 0.353. The Morgan fingerprint density at radius 1 is 0.375 bits per heavy atom. The fourth-order valence-electron chi connectivity index (χ4n) is 3.50. The van der Waals surface area contributed by atoms with Crippen LogP contribution in [0.5, 0.6) is 0 Å². The summed E-state index contributed by atoms with van der Waals surface area (Å²) in [5, 5.41) is 6.23. The first-order valence-electron chi connectivity index (χ1n) is 13.3. The molecule has 0 aliphatic carbocycles. The van der Waals surface area contributed by atoms with Crippen molar-refractivity contribution in [2.45, 2.75) is 78.6 Å². The van der Waals surface area contributed by atoms with Crippen LogP contribution in [0.2, 0.25) is 78.6 Å². The van der Waals surface area contributed by atoms with E-state index in [1.807, 2.05) is 0 Å². The third-order valence-corrected chi connectivity index (χ3v) is 14.4. The minimum atomic E-state index is -0.981. The van der Waals surface area contributed by atoms with Crippen LogP contribution in [0.15, 0.2) is 97.1 Å². The van der Waals surface area contributed by atoms with Crippen molar-refractivity contribution in [1.29, 1.82) is 0 Å². The van der Waals surface area contributed by atoms with Gasteiger partial charge in [0.1, 0.15) is 0 Å². The number of hydrogen-bond acceptors (Lipinski definition) is 0. The molecule has 226 valence electrons. The summed E-state index contributed by atoms with van der Waals surface area (Å²) in [4.78, 5) is 0. The predicted octanol–water partition coefficient (Wildman–Crippen LogP) is 8.70. The zero-order valence-electron chi connectivity index (χ0n) is 28.4. The smallest absolute Gasteiger partial charge is 0.0147 e. The molecule has 0 bridgehead atoms. The van der Waals surface area contributed by atoms with Crippen LogP contribution < -0.4 is 20.7 Å². The Labute approximate surface area is 305 Å². The van der Waals surface area contributed by atoms with Crippen LogP contribution in [0, 0.1) is 14.9 Å². The molecule has 4 aromatic carbocycles. The van der Waals surface area contributed by atoms with Crippen LogP contribution in [0.1, 0.15) is 0 Å². The Kier molecular flexibility index (Phi) is 25.2. The predicted molar refractivity (Wildman–Crippen MR) is 193 cm³/mol. The number of rotatable bonds is 4. The molecule has 0 unspecified atom stereocenters. The van der Waals surface area contributed by atoms with E-state index >= 15 is 0 Å². The van der Waals surface area contributed by atoms with Gasteiger partial charge in [-0.25, -0.2) is 36.4 Å². The second kappa shape index (κ2) is 21.2. The van der Waals surface area contributed by atoms with Crippen molar-refractivity contribution in [2.24, 2.45) is 0 Å². The molecule has 4 rings (SSSR count). The molecule has 0 aliphatic rings. The molecule has 0 aromatic heterocycles. The van der Waals surface area contributed by atoms with Gasteiger partial charge in [0.15, 0.2) is 0 Å². The fourth-order valence-corrected chi connectivity index (χ4v) is 8.27. The molecular weight excluding hydrogens is 699 g/mol. The van der Waals surface area contributed by atoms with Gasteiger partial charge < -0.3 is 44.3 Å². The van der Waals surface area contributed by atoms with Gasteiger partial charge in [0.25, 0.3) is 0 Å². The van der Waals surface area contributed by atoms with Crippen molar-refractivity contribution in [3.8, 4) is 0 Å². The maximum Gasteiger partial charge on any atom is 0.0147 e. The molecule has 0 saturated carbocycles. The molecule has 0 aliphatic heterocycles. The normalized spacial score (nSPS) is 10.7. The van der Waals surface area contributed by atoms with Crippen LogP contribution in [0.25, 0.3) is 0 Å². The second-order valence-electron chi connectivity index (χ2n) is 13.7. The van der Waals surface area contributed by atoms with Crippen LogP contribution in [0.3, 0.4) is 0 Å². The molecule has 0 saturated heterocycles. The van der Waals surface area contributed by atoms with Gasteiger partial charge in [-0.1, -0.05) is 78.6 Å². The molecule has 0 nitrogen and oxygen atoms in total. The van der Waals surface area contributed by atoms with E-state index < -0.39 is 32.3 Å². The molecule has 40 heavy (non-hydrogen) atoms. The third kappa shape index (κ3) is 19.6. The van der Waals surface area contributed by atoms with E-state index in [1.165, 1.54) is 0 Å². The van der Waals surface area contributed by atoms with E-state index in [0.29, 0.717) is 0 Å². The standard InChI is InChI=1S/4C8H13Si.2CH3.2Y/c4*1-9(2,3)8-6-4-5-7-8;;;;/h4*4-7H,1-3H3;2*1H3;;/q-5;5*-1;;. The molecule has 0 spiro atoms. The van der Waals surface area contributed by atoms with Crippen LogP contribution in [-0.4, -0.2) is 32.3 Å². The molecular formula is C34H58Si4Y2-10. The van der Waals surface area contributed by atoms with Crippen molar-refractivity contribution in [2.75, 3.05) is 0 Å². The maximum atomic E-state index is 2.36. The van der Waals surface area contributed by atoms with Gasteiger partial charge in [-0.15, -0.1) is 8.07 Å². The molecule has 0 atom stereocenters. The van der Waals surface area contributed by atoms with Gasteiger partial charge in [0.2, 0.25) is 0 Å². The Hall–Kier alpha value is 0.475. The van der Waals surface area contributed by atoms with E-state index in [1.54, 1.807) is 20.7 Å². The summed E-state index contributed by atoms with van der Waals surface area (Å²) in [5.41, 5.74) is 0. The van der Waals surface area contributed by atoms with Crippen molar-refractivity contribution in [3.05, 3.63) is 112 Å². The summed E-state index contributed by atoms with van der Waals surface area (Å²) >= 11 is 0. The maximum absolute atomic E-state index is 2.36. The molecule has 0 heterocycles. The minimum Gasteiger partial charge on any atom is -0.748 e. The van der Waals surface area contributed by atoms with E-state index in [4.69, 9.17) is 0 Å². The molecule has 0 amide bonds. The summed E-state index contributed by atoms with van der Waals surface area (Å²) in [6, 6.07) is 34.8. The van der Waals surface area contributed by atoms with E-state index in [2.05, 4.69) is 176 Å². The second-order valence-corrected chi connectivity index (χ2v) is 34.0. The first-order valence-corrected chi connectivity index (χ1v) is 27.3. The van der Waals surface area contributed by atoms with Crippen molar-refractivity contribution in [1.82, 2.24) is 0 Å². The van der Waals surface area contributed by atoms with Gasteiger partial charge in [0.05, 0.1) is 0 Å². The first kappa shape index (κ1) is 47.4. The molecule has 2 radical (unpaired) electrons. The monoisotopic (exact) mass is 756 g/mol. The first-order chi connectivity index (χ1) is 16.4. The van der Waals surface area contributed by atoms with Gasteiger partial charge in [-0.05, 0) is 0 Å². The van der Waals surface area contributed by atoms with Crippen molar-refractivity contribution in [3.63, 3.8) is 0 Å². The average Bonchev–Trinajstić information content (AvgIpc) is 3.57. The summed E-state index contributed by atoms with van der Waals surface area (Å²) in [5.74, 6) is 0. The molecule has 0 fully saturated rings. The summed E-state index contributed by atoms with van der Waals surface area (Å²) in [6.45, 7) is 28.4. The Bertz CT molecular complexity index is 857. The van der Waals surface area contributed by atoms with Gasteiger partial charge >= 0.3 is 0 Å². The van der Waals surface area contributed by atoms with Gasteiger partial charge in [-0.2, -0.15) is 52.0 Å². The van der Waals surface area contributed by atoms with Crippen LogP contribution in [0.4, 0.5) is 0 Å². The third-order valence-electron chi connectivity index (χ3n) is 6.11. The average molecular weight is 757 g/mol. The Balaban J connectivity index is -0.000000209. The van der Waals surface area contributed by atoms with E-state index in [9.17, 15) is 0 Å². The SMILES string of the molecule is C[Si](C)(C)[c-]1[cH-][cH-][cH-][cH-]1.C[Si](C)(C)[c-]1cccc1.C[Si](C)(C)[c-]1cccc1.C[Si](C)(C)[c-]1cccc1.[CH3-].[CH3-].[Y].[Y]. The molecule has 0 N–H and O–H groups in total. The summed E-state index contributed by atoms with van der Waals surface area (Å²) in [7, 11) is -3.92. The quantitative estimate of drug-likeness (QED) is 0.145. The van der Waals surface area contributed by atoms with E-state index in [-0.39, 0.29) is 80.3 Å². The zero-order valence-corrected chi connectivity index (χ0v) is 38.1. The van der Waals surface area contributed by atoms with Crippen molar-refractivity contribution < 1.29 is 65.4 Å². The summed E-state index contributed by atoms with van der Waals surface area (Å²) < 4.78 is 0. The Morgan fingerprint density at radius 3 is 0.675 bits per heavy atom. The topological polar surface area (TPSA) is 0 Å². The van der Waals surface area contributed by atoms with Crippen molar-refractivity contribution >= 4 is 53.0 Å². The Morgan fingerprint density at radius 2 is 0.575 bits per heavy atom. The largest absolute Gasteiger partial charge is 0.748 e. The van der Waals surface area contributed by atoms with Crippen LogP contribution in [-0.2, 0) is 65.4 Å². The van der Waals surface area contributed by atoms with E-state index in [0.717, 1.165) is 0 Å². The minimum absolute atomic E-state index is 0. The van der Waals surface area contributed by atoms with Gasteiger partial charge in [-0.3, -0.25) is 0 Å². The zero-order chi connectivity index (χ0) is 27.6. The summed E-state index contributed by atoms with van der Waals surface area (Å²) in [6.07, 6.45) is 0. The van der Waals surface area contributed by atoms with Crippen LogP contribution >= 0.6 is 0 Å². The number of hydrogen-bond donors (Lipinski definition) is 0. The van der Waals surface area contributed by atoms with Gasteiger partial charge in [0, 0.05) is 89.6 Å². The molecule has 4 aromatic rings. The molecule has 6 heteroatoms.